The van der Waals surface area contributed by atoms with Crippen LogP contribution in [0.2, 0.25) is 0 Å². The van der Waals surface area contributed by atoms with Gasteiger partial charge in [-0.15, -0.1) is 0 Å². The fourth-order valence-electron chi connectivity index (χ4n) is 3.68. The minimum atomic E-state index is -1.57. The topological polar surface area (TPSA) is 104 Å². The number of rotatable bonds is 3. The van der Waals surface area contributed by atoms with E-state index in [4.69, 9.17) is 15.2 Å². The maximum Gasteiger partial charge on any atom is 0.292 e. The highest BCUT2D eigenvalue weighted by Crippen LogP contribution is 2.81. The number of ether oxygens (including phenoxy) is 2. The largest absolute Gasteiger partial charge is 0.386 e. The van der Waals surface area contributed by atoms with Gasteiger partial charge in [0.25, 0.3) is 5.91 Å². The van der Waals surface area contributed by atoms with Crippen molar-refractivity contribution in [1.82, 2.24) is 0 Å². The average molecular weight is 361 g/mol. The fraction of sp³-hybridized carbons (Fsp3) is 0.400. The van der Waals surface area contributed by atoms with Gasteiger partial charge in [-0.3, -0.25) is 0 Å². The Morgan fingerprint density at radius 3 is 2.23 bits per heavy atom. The van der Waals surface area contributed by atoms with Crippen LogP contribution in [0.1, 0.15) is 11.5 Å². The molecular formula is C15H13BrN4O2. The number of aliphatic imine (C=N–C) groups is 1. The van der Waals surface area contributed by atoms with Gasteiger partial charge >= 0.3 is 0 Å². The first-order chi connectivity index (χ1) is 10.5. The number of nitrogens with zero attached hydrogens (tertiary/aromatic N) is 3. The molecule has 2 aliphatic rings. The number of halogens is 1. The molecule has 1 heterocycles. The first kappa shape index (κ1) is 15.0. The maximum atomic E-state index is 9.87. The molecule has 3 atom stereocenters. The Labute approximate surface area is 136 Å². The molecule has 22 heavy (non-hydrogen) atoms. The van der Waals surface area contributed by atoms with Crippen LogP contribution in [0, 0.1) is 33.5 Å². The van der Waals surface area contributed by atoms with Gasteiger partial charge in [-0.1, -0.05) is 28.1 Å². The summed E-state index contributed by atoms with van der Waals surface area (Å²) >= 11 is 3.37. The lowest BCUT2D eigenvalue weighted by atomic mass is 9.93. The molecular weight excluding hydrogens is 348 g/mol. The van der Waals surface area contributed by atoms with Crippen molar-refractivity contribution in [3.63, 3.8) is 0 Å². The van der Waals surface area contributed by atoms with Crippen molar-refractivity contribution in [2.45, 2.75) is 11.8 Å². The maximum absolute atomic E-state index is 9.87. The highest BCUT2D eigenvalue weighted by molar-refractivity contribution is 9.10. The molecule has 0 spiro atoms. The molecule has 0 saturated heterocycles. The summed E-state index contributed by atoms with van der Waals surface area (Å²) in [7, 11) is 2.79. The van der Waals surface area contributed by atoms with Crippen LogP contribution in [-0.4, -0.2) is 26.0 Å². The van der Waals surface area contributed by atoms with Crippen molar-refractivity contribution in [3.05, 3.63) is 34.3 Å². The molecule has 0 radical (unpaired) electrons. The first-order valence-electron chi connectivity index (χ1n) is 6.53. The zero-order valence-corrected chi connectivity index (χ0v) is 13.6. The summed E-state index contributed by atoms with van der Waals surface area (Å²) in [6.07, 6.45) is 0. The monoisotopic (exact) mass is 360 g/mol. The molecule has 2 N–H and O–H groups in total. The number of hydrogen-bond donors (Lipinski definition) is 1. The minimum absolute atomic E-state index is 0.0770. The van der Waals surface area contributed by atoms with Crippen molar-refractivity contribution >= 4 is 21.8 Å². The first-order valence-corrected chi connectivity index (χ1v) is 7.33. The highest BCUT2D eigenvalue weighted by atomic mass is 79.9. The van der Waals surface area contributed by atoms with Gasteiger partial charge in [0.2, 0.25) is 0 Å². The number of nitriles is 2. The van der Waals surface area contributed by atoms with E-state index < -0.39 is 22.7 Å². The fourth-order valence-corrected chi connectivity index (χ4v) is 3.94. The predicted octanol–water partition coefficient (Wildman–Crippen LogP) is 1.88. The standard InChI is InChI=1S/C15H13BrN4O2/c1-21-15(22-2)14(8-18)11(9-3-5-10(16)6-4-9)13(14,7-17)12(19)20-15/h3-6,11H,1-2H3,(H2,19,20). The van der Waals surface area contributed by atoms with Gasteiger partial charge < -0.3 is 15.2 Å². The van der Waals surface area contributed by atoms with E-state index in [1.165, 1.54) is 14.2 Å². The third-order valence-electron chi connectivity index (χ3n) is 4.68. The number of amidine groups is 1. The Morgan fingerprint density at radius 1 is 1.18 bits per heavy atom. The van der Waals surface area contributed by atoms with Crippen LogP contribution in [0.5, 0.6) is 0 Å². The van der Waals surface area contributed by atoms with Crippen LogP contribution in [0.15, 0.2) is 33.7 Å². The Kier molecular flexibility index (Phi) is 3.09. The van der Waals surface area contributed by atoms with Gasteiger partial charge in [-0.25, -0.2) is 4.99 Å². The van der Waals surface area contributed by atoms with E-state index in [2.05, 4.69) is 33.1 Å². The summed E-state index contributed by atoms with van der Waals surface area (Å²) < 4.78 is 11.7. The van der Waals surface area contributed by atoms with Gasteiger partial charge in [-0.2, -0.15) is 10.5 Å². The molecule has 3 rings (SSSR count). The summed E-state index contributed by atoms with van der Waals surface area (Å²) in [6, 6.07) is 11.8. The van der Waals surface area contributed by atoms with Crippen LogP contribution in [0.25, 0.3) is 0 Å². The quantitative estimate of drug-likeness (QED) is 0.828. The lowest BCUT2D eigenvalue weighted by Gasteiger charge is -2.29. The van der Waals surface area contributed by atoms with E-state index >= 15 is 0 Å². The molecule has 1 aromatic rings. The normalized spacial score (nSPS) is 34.2. The highest BCUT2D eigenvalue weighted by Gasteiger charge is 2.93. The van der Waals surface area contributed by atoms with E-state index in [1.54, 1.807) is 0 Å². The van der Waals surface area contributed by atoms with Crippen molar-refractivity contribution in [1.29, 1.82) is 10.5 Å². The molecule has 3 unspecified atom stereocenters. The molecule has 112 valence electrons. The second-order valence-electron chi connectivity index (χ2n) is 5.31. The minimum Gasteiger partial charge on any atom is -0.386 e. The number of benzene rings is 1. The number of fused-ring (bicyclic) bond motifs is 1. The Bertz CT molecular complexity index is 744. The van der Waals surface area contributed by atoms with Gasteiger partial charge in [-0.05, 0) is 17.7 Å². The van der Waals surface area contributed by atoms with Crippen molar-refractivity contribution < 1.29 is 9.47 Å². The summed E-state index contributed by atoms with van der Waals surface area (Å²) in [5.41, 5.74) is 4.31. The molecule has 1 fully saturated rings. The van der Waals surface area contributed by atoms with Crippen molar-refractivity contribution in [2.75, 3.05) is 14.2 Å². The van der Waals surface area contributed by atoms with Crippen LogP contribution in [0.4, 0.5) is 0 Å². The second kappa shape index (κ2) is 4.53. The molecule has 7 heteroatoms. The van der Waals surface area contributed by atoms with Gasteiger partial charge in [0.1, 0.15) is 11.3 Å². The Hall–Kier alpha value is -1.93. The number of methoxy groups -OCH3 is 2. The predicted molar refractivity (Wildman–Crippen MR) is 81.3 cm³/mol. The van der Waals surface area contributed by atoms with E-state index in [1.807, 2.05) is 24.3 Å². The molecule has 6 nitrogen and oxygen atoms in total. The summed E-state index contributed by atoms with van der Waals surface area (Å²) in [5.74, 6) is -1.95. The Balaban J connectivity index is 2.23. The second-order valence-corrected chi connectivity index (χ2v) is 6.23. The van der Waals surface area contributed by atoms with Crippen LogP contribution >= 0.6 is 15.9 Å². The van der Waals surface area contributed by atoms with Crippen LogP contribution in [0.3, 0.4) is 0 Å². The number of nitrogens with two attached hydrogens (primary N) is 1. The van der Waals surface area contributed by atoms with E-state index in [9.17, 15) is 10.5 Å². The molecule has 1 aliphatic carbocycles. The van der Waals surface area contributed by atoms with Gasteiger partial charge in [0.05, 0.1) is 12.1 Å². The SMILES string of the molecule is COC1(OC)N=C(N)C2(C#N)C(c3ccc(Br)cc3)C12C#N. The van der Waals surface area contributed by atoms with Crippen molar-refractivity contribution in [2.24, 2.45) is 21.6 Å². The summed E-state index contributed by atoms with van der Waals surface area (Å²) in [5, 5.41) is 19.6. The van der Waals surface area contributed by atoms with Crippen molar-refractivity contribution in [3.8, 4) is 12.1 Å². The molecule has 0 bridgehead atoms. The summed E-state index contributed by atoms with van der Waals surface area (Å²) in [4.78, 5) is 4.16. The molecule has 1 aliphatic heterocycles. The van der Waals surface area contributed by atoms with Crippen LogP contribution < -0.4 is 5.73 Å². The third kappa shape index (κ3) is 1.32. The Morgan fingerprint density at radius 2 is 1.77 bits per heavy atom. The summed E-state index contributed by atoms with van der Waals surface area (Å²) in [6.45, 7) is 0. The molecule has 0 amide bonds. The van der Waals surface area contributed by atoms with E-state index in [-0.39, 0.29) is 5.84 Å². The van der Waals surface area contributed by atoms with E-state index in [0.29, 0.717) is 0 Å². The molecule has 0 aromatic heterocycles. The van der Waals surface area contributed by atoms with E-state index in [0.717, 1.165) is 10.0 Å². The van der Waals surface area contributed by atoms with Gasteiger partial charge in [0, 0.05) is 24.6 Å². The smallest absolute Gasteiger partial charge is 0.292 e. The van der Waals surface area contributed by atoms with Gasteiger partial charge in [0.15, 0.2) is 5.41 Å². The molecule has 1 aromatic carbocycles. The zero-order valence-electron chi connectivity index (χ0n) is 12.0. The molecule has 1 saturated carbocycles. The lowest BCUT2D eigenvalue weighted by Crippen LogP contribution is -2.41. The third-order valence-corrected chi connectivity index (χ3v) is 5.21. The average Bonchev–Trinajstić information content (AvgIpc) is 3.11. The lowest BCUT2D eigenvalue weighted by molar-refractivity contribution is -0.230. The van der Waals surface area contributed by atoms with Crippen LogP contribution in [-0.2, 0) is 9.47 Å². The number of hydrogen-bond acceptors (Lipinski definition) is 6. The zero-order chi connectivity index (χ0) is 16.2.